The van der Waals surface area contributed by atoms with Gasteiger partial charge in [0.05, 0.1) is 12.0 Å². The average Bonchev–Trinajstić information content (AvgIpc) is 3.36. The zero-order valence-electron chi connectivity index (χ0n) is 17.6. The molecule has 1 amide bonds. The number of hydrogen-bond acceptors (Lipinski definition) is 8. The summed E-state index contributed by atoms with van der Waals surface area (Å²) in [7, 11) is 1.74. The Balaban J connectivity index is 1.69. The number of carbonyl (C=O) groups is 2. The van der Waals surface area contributed by atoms with Crippen LogP contribution in [0.4, 0.5) is 11.4 Å². The molecule has 1 aromatic heterocycles. The van der Waals surface area contributed by atoms with Crippen molar-refractivity contribution in [1.29, 1.82) is 0 Å². The first kappa shape index (κ1) is 23.0. The maximum Gasteiger partial charge on any atom is 0.251 e. The number of carbonyl (C=O) groups excluding carboxylic acids is 2. The van der Waals surface area contributed by atoms with Gasteiger partial charge in [-0.25, -0.2) is 4.98 Å². The van der Waals surface area contributed by atoms with Crippen LogP contribution in [0.5, 0.6) is 0 Å². The summed E-state index contributed by atoms with van der Waals surface area (Å²) in [6.07, 6.45) is 5.63. The second-order valence-corrected chi connectivity index (χ2v) is 7.52. The Morgan fingerprint density at radius 1 is 1.25 bits per heavy atom. The lowest BCUT2D eigenvalue weighted by Crippen LogP contribution is -2.25. The average molecular weight is 452 g/mol. The van der Waals surface area contributed by atoms with E-state index in [2.05, 4.69) is 31.1 Å². The van der Waals surface area contributed by atoms with Crippen LogP contribution in [0.15, 0.2) is 65.0 Å². The molecule has 0 aliphatic carbocycles. The van der Waals surface area contributed by atoms with Crippen molar-refractivity contribution in [2.75, 3.05) is 24.3 Å². The van der Waals surface area contributed by atoms with Gasteiger partial charge in [0.25, 0.3) is 5.91 Å². The van der Waals surface area contributed by atoms with Crippen LogP contribution in [-0.2, 0) is 11.2 Å². The molecule has 166 valence electrons. The molecule has 0 aliphatic rings. The van der Waals surface area contributed by atoms with E-state index in [0.29, 0.717) is 35.3 Å². The number of H-pyrrole nitrogens is 1. The molecule has 9 nitrogen and oxygen atoms in total. The summed E-state index contributed by atoms with van der Waals surface area (Å²) in [6, 6.07) is 12.4. The van der Waals surface area contributed by atoms with Crippen LogP contribution >= 0.6 is 11.9 Å². The molecular formula is C22H25N7O2S. The number of nitrogens with two attached hydrogens (primary N) is 1. The Labute approximate surface area is 190 Å². The molecule has 32 heavy (non-hydrogen) atoms. The number of aldehydes is 1. The lowest BCUT2D eigenvalue weighted by atomic mass is 10.0. The smallest absolute Gasteiger partial charge is 0.251 e. The van der Waals surface area contributed by atoms with Crippen molar-refractivity contribution in [3.63, 3.8) is 0 Å². The number of aromatic amines is 1. The van der Waals surface area contributed by atoms with Gasteiger partial charge >= 0.3 is 0 Å². The molecule has 6 N–H and O–H groups in total. The molecule has 0 bridgehead atoms. The molecule has 0 atom stereocenters. The highest BCUT2D eigenvalue weighted by Crippen LogP contribution is 2.19. The number of hydrogen-bond donors (Lipinski definition) is 5. The van der Waals surface area contributed by atoms with E-state index in [9.17, 15) is 9.59 Å². The summed E-state index contributed by atoms with van der Waals surface area (Å²) in [5.74, 6) is -0.216. The number of nitrogens with one attached hydrogen (secondary N) is 4. The van der Waals surface area contributed by atoms with Crippen molar-refractivity contribution in [3.8, 4) is 0 Å². The second-order valence-electron chi connectivity index (χ2n) is 6.82. The Morgan fingerprint density at radius 2 is 2.06 bits per heavy atom. The number of nitrogens with zero attached hydrogens (tertiary/aromatic N) is 2. The number of anilines is 2. The van der Waals surface area contributed by atoms with Crippen molar-refractivity contribution in [2.45, 2.75) is 17.7 Å². The largest absolute Gasteiger partial charge is 0.388 e. The molecule has 0 radical (unpaired) electrons. The van der Waals surface area contributed by atoms with Gasteiger partial charge in [-0.1, -0.05) is 0 Å². The molecule has 0 spiro atoms. The van der Waals surface area contributed by atoms with Crippen molar-refractivity contribution >= 4 is 41.2 Å². The lowest BCUT2D eigenvalue weighted by Gasteiger charge is -2.12. The van der Waals surface area contributed by atoms with Gasteiger partial charge in [-0.2, -0.15) is 5.10 Å². The third-order valence-corrected chi connectivity index (χ3v) is 5.24. The lowest BCUT2D eigenvalue weighted by molar-refractivity contribution is -0.102. The zero-order valence-corrected chi connectivity index (χ0v) is 18.4. The van der Waals surface area contributed by atoms with Crippen molar-refractivity contribution < 1.29 is 9.59 Å². The number of amides is 1. The Hall–Kier alpha value is -3.63. The van der Waals surface area contributed by atoms with Gasteiger partial charge in [0, 0.05) is 47.2 Å². The monoisotopic (exact) mass is 451 g/mol. The summed E-state index contributed by atoms with van der Waals surface area (Å²) in [4.78, 5) is 32.3. The summed E-state index contributed by atoms with van der Waals surface area (Å²) in [5, 5.41) is 15.7. The van der Waals surface area contributed by atoms with Gasteiger partial charge in [-0.3, -0.25) is 20.2 Å². The van der Waals surface area contributed by atoms with Crippen molar-refractivity contribution in [3.05, 3.63) is 71.8 Å². The summed E-state index contributed by atoms with van der Waals surface area (Å²) in [5.41, 5.74) is 6.42. The Morgan fingerprint density at radius 3 is 2.72 bits per heavy atom. The van der Waals surface area contributed by atoms with Gasteiger partial charge in [0.15, 0.2) is 6.29 Å². The molecule has 0 saturated heterocycles. The number of hydrazone groups is 1. The van der Waals surface area contributed by atoms with Gasteiger partial charge in [-0.15, -0.1) is 0 Å². The van der Waals surface area contributed by atoms with Gasteiger partial charge in [0.1, 0.15) is 5.71 Å². The normalized spacial score (nSPS) is 11.1. The van der Waals surface area contributed by atoms with Crippen LogP contribution in [0.25, 0.3) is 0 Å². The Bertz CT molecular complexity index is 1070. The molecule has 0 fully saturated rings. The topological polar surface area (TPSA) is 137 Å². The fraction of sp³-hybridized carbons (Fsp3) is 0.182. The highest BCUT2D eigenvalue weighted by molar-refractivity contribution is 7.97. The molecule has 3 aromatic rings. The maximum absolute atomic E-state index is 12.6. The number of aromatic nitrogens is 2. The van der Waals surface area contributed by atoms with E-state index >= 15 is 0 Å². The quantitative estimate of drug-likeness (QED) is 0.0994. The number of aryl methyl sites for hydroxylation is 1. The highest BCUT2D eigenvalue weighted by atomic mass is 32.2. The summed E-state index contributed by atoms with van der Waals surface area (Å²) in [6.45, 7) is 0.522. The number of rotatable bonds is 11. The molecule has 3 rings (SSSR count). The summed E-state index contributed by atoms with van der Waals surface area (Å²) < 4.78 is 0. The molecule has 1 heterocycles. The fourth-order valence-electron chi connectivity index (χ4n) is 3.00. The zero-order chi connectivity index (χ0) is 22.8. The van der Waals surface area contributed by atoms with Crippen LogP contribution in [0.3, 0.4) is 0 Å². The van der Waals surface area contributed by atoms with E-state index in [1.807, 2.05) is 24.3 Å². The Kier molecular flexibility index (Phi) is 8.41. The maximum atomic E-state index is 12.6. The standard InChI is InChI=1S/C22H25N7O2S/c1-24-20-9-4-15(22(31)26-10-2-3-17-12-25-14-27-17)11-19(20)21(13-30)29-28-16-5-7-18(32-23)8-6-16/h4-9,11-14,24,28H,2-3,10,23H2,1H3,(H,25,27)(H,26,31)/b29-21+. The van der Waals surface area contributed by atoms with Crippen LogP contribution in [0.2, 0.25) is 0 Å². The molecule has 0 saturated carbocycles. The molecule has 0 aliphatic heterocycles. The first-order valence-corrected chi connectivity index (χ1v) is 10.9. The van der Waals surface area contributed by atoms with Crippen molar-refractivity contribution in [1.82, 2.24) is 15.3 Å². The van der Waals surface area contributed by atoms with Crippen LogP contribution in [0, 0.1) is 0 Å². The van der Waals surface area contributed by atoms with Crippen molar-refractivity contribution in [2.24, 2.45) is 10.2 Å². The minimum Gasteiger partial charge on any atom is -0.388 e. The van der Waals surface area contributed by atoms with E-state index in [-0.39, 0.29) is 11.6 Å². The second kappa shape index (κ2) is 11.7. The van der Waals surface area contributed by atoms with E-state index in [1.165, 1.54) is 0 Å². The molecule has 0 unspecified atom stereocenters. The fourth-order valence-corrected chi connectivity index (χ4v) is 3.30. The van der Waals surface area contributed by atoms with E-state index in [0.717, 1.165) is 35.4 Å². The predicted molar refractivity (Wildman–Crippen MR) is 128 cm³/mol. The van der Waals surface area contributed by atoms with Gasteiger partial charge < -0.3 is 15.6 Å². The highest BCUT2D eigenvalue weighted by Gasteiger charge is 2.13. The van der Waals surface area contributed by atoms with Crippen LogP contribution in [-0.4, -0.2) is 41.5 Å². The third kappa shape index (κ3) is 6.19. The van der Waals surface area contributed by atoms with Crippen LogP contribution in [0.1, 0.15) is 28.0 Å². The van der Waals surface area contributed by atoms with Gasteiger partial charge in [-0.05, 0) is 67.3 Å². The van der Waals surface area contributed by atoms with E-state index < -0.39 is 0 Å². The minimum atomic E-state index is -0.216. The molecular weight excluding hydrogens is 426 g/mol. The third-order valence-electron chi connectivity index (χ3n) is 4.70. The van der Waals surface area contributed by atoms with E-state index in [4.69, 9.17) is 5.14 Å². The number of imidazole rings is 1. The van der Waals surface area contributed by atoms with E-state index in [1.54, 1.807) is 37.8 Å². The first-order chi connectivity index (χ1) is 15.6. The number of benzene rings is 2. The van der Waals surface area contributed by atoms with Crippen LogP contribution < -0.4 is 21.2 Å². The SMILES string of the molecule is CNc1ccc(C(=O)NCCCc2cnc[nH]2)cc1/C(C=O)=N/Nc1ccc(SN)cc1. The molecule has 2 aromatic carbocycles. The first-order valence-electron chi connectivity index (χ1n) is 9.98. The summed E-state index contributed by atoms with van der Waals surface area (Å²) >= 11 is 1.15. The molecule has 10 heteroatoms. The predicted octanol–water partition coefficient (Wildman–Crippen LogP) is 2.79. The van der Waals surface area contributed by atoms with Gasteiger partial charge in [0.2, 0.25) is 0 Å². The minimum absolute atomic E-state index is 0.167.